The molecule has 1 N–H and O–H groups in total. The summed E-state index contributed by atoms with van der Waals surface area (Å²) in [5.74, 6) is 0.0936. The van der Waals surface area contributed by atoms with Crippen LogP contribution in [0.25, 0.3) is 16.5 Å². The van der Waals surface area contributed by atoms with Crippen molar-refractivity contribution in [3.63, 3.8) is 0 Å². The molecule has 2 heterocycles. The number of para-hydroxylation sites is 1. The zero-order valence-corrected chi connectivity index (χ0v) is 17.2. The van der Waals surface area contributed by atoms with E-state index >= 15 is 0 Å². The second-order valence-corrected chi connectivity index (χ2v) is 8.43. The van der Waals surface area contributed by atoms with Gasteiger partial charge in [0.15, 0.2) is 5.69 Å². The van der Waals surface area contributed by atoms with Crippen LogP contribution >= 0.6 is 11.8 Å². The molecule has 0 fully saturated rings. The van der Waals surface area contributed by atoms with Crippen LogP contribution in [-0.4, -0.2) is 21.4 Å². The fourth-order valence-corrected chi connectivity index (χ4v) is 4.95. The van der Waals surface area contributed by atoms with Crippen LogP contribution in [-0.2, 0) is 0 Å². The van der Waals surface area contributed by atoms with Gasteiger partial charge in [-0.05, 0) is 48.4 Å². The maximum atomic E-state index is 13.8. The first-order valence-corrected chi connectivity index (χ1v) is 10.9. The fourth-order valence-electron chi connectivity index (χ4n) is 3.84. The summed E-state index contributed by atoms with van der Waals surface area (Å²) in [4.78, 5) is 27.3. The Balaban J connectivity index is 1.59. The van der Waals surface area contributed by atoms with E-state index in [9.17, 15) is 14.0 Å². The lowest BCUT2D eigenvalue weighted by Gasteiger charge is -2.26. The summed E-state index contributed by atoms with van der Waals surface area (Å²) in [6.07, 6.45) is 0.684. The third-order valence-electron chi connectivity index (χ3n) is 5.34. The van der Waals surface area contributed by atoms with Gasteiger partial charge >= 0.3 is 0 Å². The van der Waals surface area contributed by atoms with E-state index in [1.807, 2.05) is 18.2 Å². The molecule has 3 aromatic carbocycles. The van der Waals surface area contributed by atoms with E-state index in [4.69, 9.17) is 0 Å². The minimum absolute atomic E-state index is 0.162. The predicted octanol–water partition coefficient (Wildman–Crippen LogP) is 4.49. The molecule has 0 spiro atoms. The Morgan fingerprint density at radius 3 is 2.58 bits per heavy atom. The highest BCUT2D eigenvalue weighted by Gasteiger charge is 2.25. The van der Waals surface area contributed by atoms with E-state index in [0.717, 1.165) is 16.2 Å². The van der Waals surface area contributed by atoms with Gasteiger partial charge in [0.1, 0.15) is 5.82 Å². The second kappa shape index (κ2) is 8.00. The third-order valence-corrected chi connectivity index (χ3v) is 6.46. The van der Waals surface area contributed by atoms with Crippen LogP contribution in [0.3, 0.4) is 0 Å². The molecule has 5 nitrogen and oxygen atoms in total. The van der Waals surface area contributed by atoms with Crippen molar-refractivity contribution in [1.29, 1.82) is 0 Å². The topological polar surface area (TPSA) is 64.0 Å². The molecule has 0 saturated carbocycles. The lowest BCUT2D eigenvalue weighted by molar-refractivity contribution is 0.0930. The highest BCUT2D eigenvalue weighted by Crippen LogP contribution is 2.36. The van der Waals surface area contributed by atoms with Crippen molar-refractivity contribution in [2.75, 3.05) is 5.75 Å². The monoisotopic (exact) mass is 431 g/mol. The zero-order valence-electron chi connectivity index (χ0n) is 16.4. The Morgan fingerprint density at radius 2 is 1.77 bits per heavy atom. The summed E-state index contributed by atoms with van der Waals surface area (Å²) < 4.78 is 15.1. The van der Waals surface area contributed by atoms with Crippen LogP contribution in [0.15, 0.2) is 82.5 Å². The number of carbonyl (C=O) groups is 1. The molecule has 4 aromatic rings. The number of hydrogen-bond acceptors (Lipinski definition) is 4. The molecule has 1 aliphatic heterocycles. The Hall–Kier alpha value is -3.45. The lowest BCUT2D eigenvalue weighted by Crippen LogP contribution is -2.33. The first kappa shape index (κ1) is 19.5. The quantitative estimate of drug-likeness (QED) is 0.519. The van der Waals surface area contributed by atoms with Gasteiger partial charge < -0.3 is 5.32 Å². The Labute approximate surface area is 181 Å². The van der Waals surface area contributed by atoms with Crippen molar-refractivity contribution in [3.8, 4) is 5.69 Å². The molecular weight excluding hydrogens is 413 g/mol. The van der Waals surface area contributed by atoms with Crippen molar-refractivity contribution in [3.05, 3.63) is 100 Å². The molecule has 1 amide bonds. The number of hydrogen-bond donors (Lipinski definition) is 1. The van der Waals surface area contributed by atoms with Crippen LogP contribution in [0.1, 0.15) is 28.5 Å². The van der Waals surface area contributed by atoms with Gasteiger partial charge in [-0.25, -0.2) is 4.39 Å². The SMILES string of the molecule is O=C(N[C@@H]1CCSc2ccc(F)cc21)c1nn(-c2ccccc2)c(=O)c2ccccc12. The van der Waals surface area contributed by atoms with Gasteiger partial charge in [0.25, 0.3) is 11.5 Å². The summed E-state index contributed by atoms with van der Waals surface area (Å²) in [6.45, 7) is 0. The van der Waals surface area contributed by atoms with Crippen LogP contribution in [0.5, 0.6) is 0 Å². The summed E-state index contributed by atoms with van der Waals surface area (Å²) in [6, 6.07) is 20.3. The number of benzene rings is 3. The van der Waals surface area contributed by atoms with Crippen molar-refractivity contribution in [2.45, 2.75) is 17.4 Å². The molecular formula is C24H18FN3O2S. The lowest BCUT2D eigenvalue weighted by atomic mass is 10.0. The normalized spacial score (nSPS) is 15.5. The minimum atomic E-state index is -0.395. The van der Waals surface area contributed by atoms with E-state index in [1.165, 1.54) is 16.8 Å². The molecule has 0 saturated heterocycles. The molecule has 0 bridgehead atoms. The standard InChI is InChI=1S/C24H18FN3O2S/c25-15-10-11-21-19(14-15)20(12-13-31-21)26-23(29)22-17-8-4-5-9-18(17)24(30)28(27-22)16-6-2-1-3-7-16/h1-11,14,20H,12-13H2,(H,26,29)/t20-/m1/s1. The summed E-state index contributed by atoms with van der Waals surface area (Å²) in [7, 11) is 0. The first-order chi connectivity index (χ1) is 15.1. The number of aromatic nitrogens is 2. The average Bonchev–Trinajstić information content (AvgIpc) is 2.80. The number of carbonyl (C=O) groups excluding carboxylic acids is 1. The van der Waals surface area contributed by atoms with Gasteiger partial charge in [0.2, 0.25) is 0 Å². The van der Waals surface area contributed by atoms with Crippen molar-refractivity contribution in [1.82, 2.24) is 15.1 Å². The van der Waals surface area contributed by atoms with Crippen LogP contribution in [0.2, 0.25) is 0 Å². The van der Waals surface area contributed by atoms with Crippen molar-refractivity contribution >= 4 is 28.4 Å². The molecule has 1 aromatic heterocycles. The van der Waals surface area contributed by atoms with Crippen LogP contribution < -0.4 is 10.9 Å². The number of fused-ring (bicyclic) bond motifs is 2. The molecule has 154 valence electrons. The zero-order chi connectivity index (χ0) is 21.4. The first-order valence-electron chi connectivity index (χ1n) is 9.92. The fraction of sp³-hybridized carbons (Fsp3) is 0.125. The highest BCUT2D eigenvalue weighted by molar-refractivity contribution is 7.99. The number of halogens is 1. The Bertz CT molecular complexity index is 1350. The van der Waals surface area contributed by atoms with Crippen molar-refractivity contribution < 1.29 is 9.18 Å². The van der Waals surface area contributed by atoms with Crippen LogP contribution in [0.4, 0.5) is 4.39 Å². The van der Waals surface area contributed by atoms with E-state index in [-0.39, 0.29) is 23.1 Å². The Morgan fingerprint density at radius 1 is 1.03 bits per heavy atom. The molecule has 5 rings (SSSR count). The Kier molecular flexibility index (Phi) is 5.03. The second-order valence-electron chi connectivity index (χ2n) is 7.29. The van der Waals surface area contributed by atoms with Crippen molar-refractivity contribution in [2.24, 2.45) is 0 Å². The third kappa shape index (κ3) is 3.61. The maximum Gasteiger partial charge on any atom is 0.279 e. The molecule has 7 heteroatoms. The van der Waals surface area contributed by atoms with Gasteiger partial charge in [-0.2, -0.15) is 9.78 Å². The largest absolute Gasteiger partial charge is 0.344 e. The number of nitrogens with one attached hydrogen (secondary N) is 1. The van der Waals surface area contributed by atoms with Gasteiger partial charge in [-0.1, -0.05) is 36.4 Å². The molecule has 1 atom stereocenters. The number of thioether (sulfide) groups is 1. The summed E-state index contributed by atoms with van der Waals surface area (Å²) in [5.41, 5.74) is 1.22. The van der Waals surface area contributed by atoms with Gasteiger partial charge in [-0.3, -0.25) is 9.59 Å². The predicted molar refractivity (Wildman–Crippen MR) is 119 cm³/mol. The van der Waals surface area contributed by atoms with E-state index in [1.54, 1.807) is 54.2 Å². The highest BCUT2D eigenvalue weighted by atomic mass is 32.2. The number of nitrogens with zero attached hydrogens (tertiary/aromatic N) is 2. The summed E-state index contributed by atoms with van der Waals surface area (Å²) in [5, 5.41) is 8.34. The smallest absolute Gasteiger partial charge is 0.279 e. The molecule has 31 heavy (non-hydrogen) atoms. The molecule has 0 aliphatic carbocycles. The molecule has 0 radical (unpaired) electrons. The summed E-state index contributed by atoms with van der Waals surface area (Å²) >= 11 is 1.65. The molecule has 0 unspecified atom stereocenters. The maximum absolute atomic E-state index is 13.8. The van der Waals surface area contributed by atoms with E-state index in [0.29, 0.717) is 22.9 Å². The van der Waals surface area contributed by atoms with E-state index < -0.39 is 5.91 Å². The van der Waals surface area contributed by atoms with Gasteiger partial charge in [0, 0.05) is 16.0 Å². The number of rotatable bonds is 3. The molecule has 1 aliphatic rings. The van der Waals surface area contributed by atoms with Crippen LogP contribution in [0, 0.1) is 5.82 Å². The van der Waals surface area contributed by atoms with Gasteiger partial charge in [0.05, 0.1) is 17.1 Å². The minimum Gasteiger partial charge on any atom is -0.344 e. The average molecular weight is 431 g/mol. The van der Waals surface area contributed by atoms with E-state index in [2.05, 4.69) is 10.4 Å². The number of amides is 1. The van der Waals surface area contributed by atoms with Gasteiger partial charge in [-0.15, -0.1) is 11.8 Å².